The van der Waals surface area contributed by atoms with Crippen molar-refractivity contribution in [2.45, 2.75) is 19.3 Å². The molecule has 0 unspecified atom stereocenters. The van der Waals surface area contributed by atoms with Gasteiger partial charge in [-0.3, -0.25) is 20.2 Å². The highest BCUT2D eigenvalue weighted by atomic mass is 16.6. The Kier molecular flexibility index (Phi) is 6.55. The van der Waals surface area contributed by atoms with Crippen LogP contribution < -0.4 is 0 Å². The second-order valence-electron chi connectivity index (χ2n) is 3.07. The minimum absolute atomic E-state index is 0.0832. The third-order valence-corrected chi connectivity index (χ3v) is 1.98. The maximum absolute atomic E-state index is 10.1. The van der Waals surface area contributed by atoms with Crippen LogP contribution in [0.25, 0.3) is 0 Å². The molecular weight excluding hydrogens is 192 g/mol. The number of hydrogen-bond acceptors (Lipinski definition) is 5. The van der Waals surface area contributed by atoms with E-state index in [9.17, 15) is 20.2 Å². The van der Waals surface area contributed by atoms with Crippen molar-refractivity contribution >= 4 is 0 Å². The number of hydrogen-bond donors (Lipinski definition) is 1. The molecule has 0 saturated carbocycles. The van der Waals surface area contributed by atoms with Gasteiger partial charge in [-0.05, 0) is 12.3 Å². The lowest BCUT2D eigenvalue weighted by Gasteiger charge is -2.10. The van der Waals surface area contributed by atoms with E-state index in [1.807, 2.05) is 0 Å². The lowest BCUT2D eigenvalue weighted by atomic mass is 9.98. The van der Waals surface area contributed by atoms with E-state index in [1.54, 1.807) is 0 Å². The molecule has 0 aromatic rings. The highest BCUT2D eigenvalue weighted by Gasteiger charge is 2.14. The second kappa shape index (κ2) is 7.19. The Labute approximate surface area is 81.0 Å². The first-order valence-corrected chi connectivity index (χ1v) is 4.40. The van der Waals surface area contributed by atoms with Gasteiger partial charge >= 0.3 is 0 Å². The summed E-state index contributed by atoms with van der Waals surface area (Å²) in [5.74, 6) is -0.129. The van der Waals surface area contributed by atoms with Crippen molar-refractivity contribution in [3.63, 3.8) is 0 Å². The molecule has 0 heterocycles. The van der Waals surface area contributed by atoms with Crippen LogP contribution >= 0.6 is 0 Å². The van der Waals surface area contributed by atoms with Crippen LogP contribution in [-0.2, 0) is 0 Å². The minimum atomic E-state index is -0.448. The topological polar surface area (TPSA) is 107 Å². The molecule has 0 aromatic carbocycles. The standard InChI is InChI=1S/C7H14N2O5/c10-6-3-7(1-4-8(11)12)2-5-9(13)14/h7,10H,1-6H2. The molecular formula is C7H14N2O5. The van der Waals surface area contributed by atoms with Crippen LogP contribution in [0.2, 0.25) is 0 Å². The molecule has 1 N–H and O–H groups in total. The highest BCUT2D eigenvalue weighted by molar-refractivity contribution is 4.58. The van der Waals surface area contributed by atoms with Gasteiger partial charge in [-0.25, -0.2) is 0 Å². The molecule has 0 bridgehead atoms. The summed E-state index contributed by atoms with van der Waals surface area (Å²) in [6.45, 7) is -0.467. The molecule has 0 aromatic heterocycles. The van der Waals surface area contributed by atoms with Gasteiger partial charge in [-0.15, -0.1) is 0 Å². The van der Waals surface area contributed by atoms with Gasteiger partial charge in [0.1, 0.15) is 0 Å². The highest BCUT2D eigenvalue weighted by Crippen LogP contribution is 2.12. The Bertz CT molecular complexity index is 179. The van der Waals surface area contributed by atoms with Crippen molar-refractivity contribution in [2.75, 3.05) is 19.7 Å². The molecule has 0 aliphatic rings. The van der Waals surface area contributed by atoms with E-state index in [0.29, 0.717) is 19.3 Å². The summed E-state index contributed by atoms with van der Waals surface area (Å²) in [4.78, 5) is 19.2. The monoisotopic (exact) mass is 206 g/mol. The van der Waals surface area contributed by atoms with Crippen LogP contribution in [0.15, 0.2) is 0 Å². The second-order valence-corrected chi connectivity index (χ2v) is 3.07. The molecule has 0 aliphatic carbocycles. The number of rotatable bonds is 8. The van der Waals surface area contributed by atoms with Crippen molar-refractivity contribution < 1.29 is 15.0 Å². The molecule has 82 valence electrons. The van der Waals surface area contributed by atoms with Crippen molar-refractivity contribution in [2.24, 2.45) is 5.92 Å². The molecule has 0 saturated heterocycles. The number of nitro groups is 2. The predicted octanol–water partition coefficient (Wildman–Crippen LogP) is 0.319. The van der Waals surface area contributed by atoms with Crippen LogP contribution in [0.5, 0.6) is 0 Å². The van der Waals surface area contributed by atoms with E-state index in [-0.39, 0.29) is 25.6 Å². The molecule has 0 amide bonds. The Morgan fingerprint density at radius 1 is 1.00 bits per heavy atom. The summed E-state index contributed by atoms with van der Waals surface area (Å²) < 4.78 is 0. The fraction of sp³-hybridized carbons (Fsp3) is 1.00. The molecule has 0 radical (unpaired) electrons. The van der Waals surface area contributed by atoms with E-state index < -0.39 is 9.85 Å². The summed E-state index contributed by atoms with van der Waals surface area (Å²) in [7, 11) is 0. The first-order valence-electron chi connectivity index (χ1n) is 4.40. The Morgan fingerprint density at radius 3 is 1.71 bits per heavy atom. The zero-order chi connectivity index (χ0) is 11.0. The molecule has 7 heteroatoms. The maximum Gasteiger partial charge on any atom is 0.204 e. The molecule has 0 rings (SSSR count). The first kappa shape index (κ1) is 12.8. The summed E-state index contributed by atoms with van der Waals surface area (Å²) in [6, 6.07) is 0. The fourth-order valence-electron chi connectivity index (χ4n) is 1.19. The normalized spacial score (nSPS) is 10.4. The average molecular weight is 206 g/mol. The van der Waals surface area contributed by atoms with Gasteiger partial charge in [0.2, 0.25) is 13.1 Å². The molecule has 0 spiro atoms. The number of aliphatic hydroxyl groups is 1. The van der Waals surface area contributed by atoms with Gasteiger partial charge in [0.15, 0.2) is 0 Å². The van der Waals surface area contributed by atoms with E-state index >= 15 is 0 Å². The zero-order valence-electron chi connectivity index (χ0n) is 7.79. The summed E-state index contributed by atoms with van der Waals surface area (Å²) in [6.07, 6.45) is 0.977. The van der Waals surface area contributed by atoms with Crippen molar-refractivity contribution in [1.82, 2.24) is 0 Å². The van der Waals surface area contributed by atoms with Crippen LogP contribution in [0.1, 0.15) is 19.3 Å². The summed E-state index contributed by atoms with van der Waals surface area (Å²) >= 11 is 0. The summed E-state index contributed by atoms with van der Waals surface area (Å²) in [5.41, 5.74) is 0. The third-order valence-electron chi connectivity index (χ3n) is 1.98. The minimum Gasteiger partial charge on any atom is -0.396 e. The zero-order valence-corrected chi connectivity index (χ0v) is 7.79. The van der Waals surface area contributed by atoms with E-state index in [1.165, 1.54) is 0 Å². The van der Waals surface area contributed by atoms with Crippen LogP contribution in [0.4, 0.5) is 0 Å². The molecule has 14 heavy (non-hydrogen) atoms. The fourth-order valence-corrected chi connectivity index (χ4v) is 1.19. The quantitative estimate of drug-likeness (QED) is 0.454. The Morgan fingerprint density at radius 2 is 1.43 bits per heavy atom. The van der Waals surface area contributed by atoms with Gasteiger partial charge in [0.05, 0.1) is 0 Å². The average Bonchev–Trinajstić information content (AvgIpc) is 2.09. The molecule has 0 aliphatic heterocycles. The molecule has 0 fully saturated rings. The summed E-state index contributed by atoms with van der Waals surface area (Å²) in [5, 5.41) is 28.7. The lowest BCUT2D eigenvalue weighted by Crippen LogP contribution is -2.14. The van der Waals surface area contributed by atoms with Gasteiger partial charge < -0.3 is 5.11 Å². The van der Waals surface area contributed by atoms with Gasteiger partial charge in [0, 0.05) is 29.3 Å². The Hall–Kier alpha value is -1.24. The van der Waals surface area contributed by atoms with Crippen LogP contribution in [0.3, 0.4) is 0 Å². The SMILES string of the molecule is O=[N+]([O-])CCC(CCO)CC[N+](=O)[O-]. The van der Waals surface area contributed by atoms with Crippen LogP contribution in [-0.4, -0.2) is 34.6 Å². The number of nitrogens with zero attached hydrogens (tertiary/aromatic N) is 2. The van der Waals surface area contributed by atoms with Crippen molar-refractivity contribution in [1.29, 1.82) is 0 Å². The van der Waals surface area contributed by atoms with Crippen molar-refractivity contribution in [3.05, 3.63) is 20.2 Å². The van der Waals surface area contributed by atoms with Crippen molar-refractivity contribution in [3.8, 4) is 0 Å². The first-order chi connectivity index (χ1) is 6.56. The van der Waals surface area contributed by atoms with Crippen LogP contribution in [0, 0.1) is 26.1 Å². The third kappa shape index (κ3) is 7.41. The predicted molar refractivity (Wildman–Crippen MR) is 48.1 cm³/mol. The van der Waals surface area contributed by atoms with E-state index in [4.69, 9.17) is 5.11 Å². The molecule has 0 atom stereocenters. The number of aliphatic hydroxyl groups excluding tert-OH is 1. The largest absolute Gasteiger partial charge is 0.396 e. The van der Waals surface area contributed by atoms with E-state index in [0.717, 1.165) is 0 Å². The van der Waals surface area contributed by atoms with Gasteiger partial charge in [0.25, 0.3) is 0 Å². The smallest absolute Gasteiger partial charge is 0.204 e. The lowest BCUT2D eigenvalue weighted by molar-refractivity contribution is -0.487. The maximum atomic E-state index is 10.1. The van der Waals surface area contributed by atoms with E-state index in [2.05, 4.69) is 0 Å². The van der Waals surface area contributed by atoms with Gasteiger partial charge in [-0.1, -0.05) is 0 Å². The molecule has 7 nitrogen and oxygen atoms in total. The Balaban J connectivity index is 3.76. The van der Waals surface area contributed by atoms with Gasteiger partial charge in [-0.2, -0.15) is 0 Å².